The zero-order chi connectivity index (χ0) is 16.8. The molecule has 0 radical (unpaired) electrons. The summed E-state index contributed by atoms with van der Waals surface area (Å²) in [7, 11) is 0. The van der Waals surface area contributed by atoms with Gasteiger partial charge in [0.15, 0.2) is 0 Å². The van der Waals surface area contributed by atoms with Crippen molar-refractivity contribution in [3.63, 3.8) is 0 Å². The molecular weight excluding hydrogens is 288 g/mol. The van der Waals surface area contributed by atoms with Crippen molar-refractivity contribution in [1.29, 1.82) is 0 Å². The molecule has 24 heavy (non-hydrogen) atoms. The lowest BCUT2D eigenvalue weighted by molar-refractivity contribution is 0.922. The van der Waals surface area contributed by atoms with E-state index in [2.05, 4.69) is 86.6 Å². The predicted molar refractivity (Wildman–Crippen MR) is 105 cm³/mol. The Bertz CT molecular complexity index is 699. The highest BCUT2D eigenvalue weighted by Crippen LogP contribution is 2.27. The summed E-state index contributed by atoms with van der Waals surface area (Å²) >= 11 is 0. The van der Waals surface area contributed by atoms with Crippen LogP contribution >= 0.6 is 0 Å². The molecule has 0 aromatic heterocycles. The first kappa shape index (κ1) is 16.5. The lowest BCUT2D eigenvalue weighted by Gasteiger charge is -2.08. The fraction of sp³-hybridized carbons (Fsp3) is 0.250. The summed E-state index contributed by atoms with van der Waals surface area (Å²) in [5, 5.41) is 0. The number of aryl methyl sites for hydroxylation is 2. The van der Waals surface area contributed by atoms with E-state index in [-0.39, 0.29) is 0 Å². The first-order valence-electron chi connectivity index (χ1n) is 9.09. The Labute approximate surface area is 146 Å². The Hall–Kier alpha value is -2.34. The van der Waals surface area contributed by atoms with Crippen molar-refractivity contribution in [2.45, 2.75) is 39.5 Å². The molecule has 0 heteroatoms. The summed E-state index contributed by atoms with van der Waals surface area (Å²) in [5.41, 5.74) is 7.99. The Morgan fingerprint density at radius 2 is 0.917 bits per heavy atom. The van der Waals surface area contributed by atoms with Crippen molar-refractivity contribution in [3.05, 3.63) is 83.9 Å². The van der Waals surface area contributed by atoms with Crippen LogP contribution in [-0.4, -0.2) is 0 Å². The fourth-order valence-corrected chi connectivity index (χ4v) is 3.18. The van der Waals surface area contributed by atoms with Gasteiger partial charge in [0, 0.05) is 0 Å². The molecule has 0 N–H and O–H groups in total. The third-order valence-electron chi connectivity index (χ3n) is 4.51. The van der Waals surface area contributed by atoms with E-state index in [0.29, 0.717) is 0 Å². The van der Waals surface area contributed by atoms with Gasteiger partial charge in [-0.05, 0) is 52.3 Å². The molecule has 0 nitrogen and oxygen atoms in total. The third-order valence-corrected chi connectivity index (χ3v) is 4.51. The van der Waals surface area contributed by atoms with Gasteiger partial charge in [-0.15, -0.1) is 0 Å². The van der Waals surface area contributed by atoms with Gasteiger partial charge >= 0.3 is 0 Å². The summed E-state index contributed by atoms with van der Waals surface area (Å²) in [6, 6.07) is 26.8. The van der Waals surface area contributed by atoms with Crippen molar-refractivity contribution in [2.24, 2.45) is 0 Å². The molecule has 122 valence electrons. The van der Waals surface area contributed by atoms with E-state index in [9.17, 15) is 0 Å². The van der Waals surface area contributed by atoms with E-state index in [1.807, 2.05) is 0 Å². The van der Waals surface area contributed by atoms with Gasteiger partial charge in [0.05, 0.1) is 0 Å². The molecule has 0 saturated heterocycles. The van der Waals surface area contributed by atoms with Crippen molar-refractivity contribution in [3.8, 4) is 22.3 Å². The standard InChI is InChI=1S/C24H26/c1-3-6-19-10-14-21(15-11-19)23-8-5-9-24(18-23)22-16-12-20(7-4-2)13-17-22/h5,8-18H,3-4,6-7H2,1-2H3. The van der Waals surface area contributed by atoms with Gasteiger partial charge in [-0.2, -0.15) is 0 Å². The molecule has 0 heterocycles. The van der Waals surface area contributed by atoms with Crippen molar-refractivity contribution in [2.75, 3.05) is 0 Å². The van der Waals surface area contributed by atoms with E-state index in [1.165, 1.54) is 46.2 Å². The molecule has 0 saturated carbocycles. The minimum Gasteiger partial charge on any atom is -0.0651 e. The SMILES string of the molecule is CCCc1ccc(-c2cccc(-c3ccc(CCC)cc3)c2)cc1. The molecule has 3 aromatic carbocycles. The topological polar surface area (TPSA) is 0 Å². The van der Waals surface area contributed by atoms with Crippen LogP contribution in [0.5, 0.6) is 0 Å². The number of rotatable bonds is 6. The van der Waals surface area contributed by atoms with Crippen LogP contribution in [-0.2, 0) is 12.8 Å². The smallest absolute Gasteiger partial charge is 0.0178 e. The molecule has 0 aliphatic rings. The average molecular weight is 314 g/mol. The maximum atomic E-state index is 2.30. The van der Waals surface area contributed by atoms with Crippen LogP contribution in [0.3, 0.4) is 0 Å². The molecular formula is C24H26. The molecule has 3 rings (SSSR count). The van der Waals surface area contributed by atoms with E-state index in [1.54, 1.807) is 0 Å². The van der Waals surface area contributed by atoms with Crippen LogP contribution in [0, 0.1) is 0 Å². The summed E-state index contributed by atoms with van der Waals surface area (Å²) < 4.78 is 0. The normalized spacial score (nSPS) is 10.8. The van der Waals surface area contributed by atoms with E-state index in [0.717, 1.165) is 12.8 Å². The summed E-state index contributed by atoms with van der Waals surface area (Å²) in [6.45, 7) is 4.45. The van der Waals surface area contributed by atoms with Gasteiger partial charge in [0.2, 0.25) is 0 Å². The Balaban J connectivity index is 1.85. The van der Waals surface area contributed by atoms with Crippen LogP contribution in [0.25, 0.3) is 22.3 Å². The second-order valence-corrected chi connectivity index (χ2v) is 6.47. The van der Waals surface area contributed by atoms with Crippen LogP contribution < -0.4 is 0 Å². The van der Waals surface area contributed by atoms with Gasteiger partial charge in [0.25, 0.3) is 0 Å². The minimum atomic E-state index is 1.16. The summed E-state index contributed by atoms with van der Waals surface area (Å²) in [5.74, 6) is 0. The molecule has 0 atom stereocenters. The monoisotopic (exact) mass is 314 g/mol. The Kier molecular flexibility index (Phi) is 5.48. The van der Waals surface area contributed by atoms with Crippen molar-refractivity contribution in [1.82, 2.24) is 0 Å². The lowest BCUT2D eigenvalue weighted by atomic mass is 9.97. The average Bonchev–Trinajstić information content (AvgIpc) is 2.64. The maximum Gasteiger partial charge on any atom is -0.0178 e. The molecule has 0 aliphatic carbocycles. The first-order chi connectivity index (χ1) is 11.8. The van der Waals surface area contributed by atoms with Crippen LogP contribution in [0.2, 0.25) is 0 Å². The summed E-state index contributed by atoms with van der Waals surface area (Å²) in [6.07, 6.45) is 4.71. The molecule has 3 aromatic rings. The quantitative estimate of drug-likeness (QED) is 0.463. The fourth-order valence-electron chi connectivity index (χ4n) is 3.18. The zero-order valence-corrected chi connectivity index (χ0v) is 14.8. The maximum absolute atomic E-state index is 2.30. The van der Waals surface area contributed by atoms with E-state index in [4.69, 9.17) is 0 Å². The molecule has 0 aliphatic heterocycles. The lowest BCUT2D eigenvalue weighted by Crippen LogP contribution is -1.86. The second kappa shape index (κ2) is 7.97. The largest absolute Gasteiger partial charge is 0.0651 e. The van der Waals surface area contributed by atoms with Crippen molar-refractivity contribution < 1.29 is 0 Å². The van der Waals surface area contributed by atoms with Crippen LogP contribution in [0.4, 0.5) is 0 Å². The zero-order valence-electron chi connectivity index (χ0n) is 14.8. The molecule has 0 amide bonds. The molecule has 0 fully saturated rings. The van der Waals surface area contributed by atoms with Gasteiger partial charge in [-0.25, -0.2) is 0 Å². The second-order valence-electron chi connectivity index (χ2n) is 6.47. The number of benzene rings is 3. The minimum absolute atomic E-state index is 1.16. The summed E-state index contributed by atoms with van der Waals surface area (Å²) in [4.78, 5) is 0. The highest BCUT2D eigenvalue weighted by molar-refractivity contribution is 5.73. The molecule has 0 spiro atoms. The molecule has 0 bridgehead atoms. The first-order valence-corrected chi connectivity index (χ1v) is 9.09. The van der Waals surface area contributed by atoms with Crippen LogP contribution in [0.1, 0.15) is 37.8 Å². The van der Waals surface area contributed by atoms with Gasteiger partial charge < -0.3 is 0 Å². The van der Waals surface area contributed by atoms with Crippen LogP contribution in [0.15, 0.2) is 72.8 Å². The van der Waals surface area contributed by atoms with Crippen molar-refractivity contribution >= 4 is 0 Å². The highest BCUT2D eigenvalue weighted by Gasteiger charge is 2.02. The van der Waals surface area contributed by atoms with Gasteiger partial charge in [0.1, 0.15) is 0 Å². The third kappa shape index (κ3) is 3.94. The van der Waals surface area contributed by atoms with E-state index < -0.39 is 0 Å². The van der Waals surface area contributed by atoms with Gasteiger partial charge in [-0.3, -0.25) is 0 Å². The van der Waals surface area contributed by atoms with Gasteiger partial charge in [-0.1, -0.05) is 93.4 Å². The molecule has 0 unspecified atom stereocenters. The highest BCUT2D eigenvalue weighted by atomic mass is 14.1. The number of hydrogen-bond acceptors (Lipinski definition) is 0. The Morgan fingerprint density at radius 3 is 1.29 bits per heavy atom. The number of hydrogen-bond donors (Lipinski definition) is 0. The van der Waals surface area contributed by atoms with E-state index >= 15 is 0 Å². The predicted octanol–water partition coefficient (Wildman–Crippen LogP) is 6.93. The Morgan fingerprint density at radius 1 is 0.500 bits per heavy atom.